The van der Waals surface area contributed by atoms with Gasteiger partial charge in [0, 0.05) is 12.1 Å². The molecule has 0 aliphatic heterocycles. The van der Waals surface area contributed by atoms with Crippen molar-refractivity contribution in [3.8, 4) is 0 Å². The minimum atomic E-state index is -0.222. The molecule has 0 aliphatic carbocycles. The number of nitrogens with one attached hydrogen (secondary N) is 2. The number of pyridine rings is 1. The van der Waals surface area contributed by atoms with E-state index in [9.17, 15) is 9.18 Å². The van der Waals surface area contributed by atoms with Crippen molar-refractivity contribution in [2.75, 3.05) is 6.54 Å². The Labute approximate surface area is 134 Å². The predicted octanol–water partition coefficient (Wildman–Crippen LogP) is 3.31. The molecule has 0 fully saturated rings. The average Bonchev–Trinajstić information content (AvgIpc) is 2.54. The molecule has 0 spiro atoms. The van der Waals surface area contributed by atoms with Crippen LogP contribution in [0.4, 0.5) is 4.39 Å². The topological polar surface area (TPSA) is 44.9 Å². The molecule has 3 nitrogen and oxygen atoms in total. The van der Waals surface area contributed by atoms with Crippen molar-refractivity contribution < 1.29 is 4.39 Å². The molecule has 0 atom stereocenters. The molecule has 0 unspecified atom stereocenters. The Kier molecular flexibility index (Phi) is 4.53. The highest BCUT2D eigenvalue weighted by molar-refractivity contribution is 5.81. The van der Waals surface area contributed by atoms with E-state index in [1.165, 1.54) is 12.1 Å². The van der Waals surface area contributed by atoms with Crippen LogP contribution in [-0.4, -0.2) is 11.5 Å². The molecule has 3 rings (SSSR count). The molecule has 0 saturated heterocycles. The third-order valence-corrected chi connectivity index (χ3v) is 3.98. The maximum atomic E-state index is 12.8. The summed E-state index contributed by atoms with van der Waals surface area (Å²) < 4.78 is 12.8. The summed E-state index contributed by atoms with van der Waals surface area (Å²) in [6.07, 6.45) is 0.797. The molecule has 2 aromatic carbocycles. The summed E-state index contributed by atoms with van der Waals surface area (Å²) >= 11 is 0. The molecule has 0 saturated carbocycles. The fraction of sp³-hybridized carbons (Fsp3) is 0.211. The zero-order valence-electron chi connectivity index (χ0n) is 13.0. The van der Waals surface area contributed by atoms with Gasteiger partial charge in [-0.15, -0.1) is 0 Å². The first-order valence-electron chi connectivity index (χ1n) is 7.70. The van der Waals surface area contributed by atoms with E-state index in [1.807, 2.05) is 31.2 Å². The number of rotatable bonds is 5. The zero-order valence-corrected chi connectivity index (χ0v) is 13.0. The number of fused-ring (bicyclic) bond motifs is 1. The summed E-state index contributed by atoms with van der Waals surface area (Å²) in [4.78, 5) is 15.1. The Morgan fingerprint density at radius 3 is 2.70 bits per heavy atom. The fourth-order valence-corrected chi connectivity index (χ4v) is 2.67. The Morgan fingerprint density at radius 2 is 1.91 bits per heavy atom. The number of hydrogen-bond donors (Lipinski definition) is 2. The van der Waals surface area contributed by atoms with Gasteiger partial charge >= 0.3 is 0 Å². The van der Waals surface area contributed by atoms with Crippen LogP contribution in [-0.2, 0) is 13.0 Å². The minimum Gasteiger partial charge on any atom is -0.321 e. The van der Waals surface area contributed by atoms with Crippen LogP contribution in [0.3, 0.4) is 0 Å². The van der Waals surface area contributed by atoms with E-state index in [4.69, 9.17) is 0 Å². The maximum Gasteiger partial charge on any atom is 0.252 e. The summed E-state index contributed by atoms with van der Waals surface area (Å²) in [5.41, 5.74) is 3.70. The molecule has 3 aromatic rings. The van der Waals surface area contributed by atoms with Gasteiger partial charge in [-0.3, -0.25) is 4.79 Å². The highest BCUT2D eigenvalue weighted by Gasteiger charge is 2.04. The third kappa shape index (κ3) is 3.66. The van der Waals surface area contributed by atoms with E-state index < -0.39 is 0 Å². The van der Waals surface area contributed by atoms with Gasteiger partial charge in [-0.05, 0) is 54.6 Å². The number of halogens is 1. The highest BCUT2D eigenvalue weighted by atomic mass is 19.1. The van der Waals surface area contributed by atoms with E-state index in [-0.39, 0.29) is 11.4 Å². The predicted molar refractivity (Wildman–Crippen MR) is 91.1 cm³/mol. The van der Waals surface area contributed by atoms with E-state index in [2.05, 4.69) is 10.3 Å². The molecule has 4 heteroatoms. The van der Waals surface area contributed by atoms with Gasteiger partial charge in [-0.2, -0.15) is 0 Å². The number of hydrogen-bond acceptors (Lipinski definition) is 2. The monoisotopic (exact) mass is 310 g/mol. The van der Waals surface area contributed by atoms with Gasteiger partial charge in [-0.1, -0.05) is 30.3 Å². The lowest BCUT2D eigenvalue weighted by molar-refractivity contribution is 0.626. The van der Waals surface area contributed by atoms with E-state index in [0.29, 0.717) is 6.54 Å². The van der Waals surface area contributed by atoms with E-state index in [1.54, 1.807) is 12.1 Å². The summed E-state index contributed by atoms with van der Waals surface area (Å²) in [6.45, 7) is 3.23. The van der Waals surface area contributed by atoms with Gasteiger partial charge in [0.05, 0.1) is 5.52 Å². The summed E-state index contributed by atoms with van der Waals surface area (Å²) in [6, 6.07) is 14.4. The maximum absolute atomic E-state index is 12.8. The molecular weight excluding hydrogens is 291 g/mol. The zero-order chi connectivity index (χ0) is 16.2. The van der Waals surface area contributed by atoms with Crippen molar-refractivity contribution in [1.29, 1.82) is 0 Å². The Balaban J connectivity index is 1.64. The van der Waals surface area contributed by atoms with Crippen molar-refractivity contribution in [2.24, 2.45) is 0 Å². The van der Waals surface area contributed by atoms with Crippen molar-refractivity contribution in [3.05, 3.63) is 81.4 Å². The fourth-order valence-electron chi connectivity index (χ4n) is 2.67. The summed E-state index contributed by atoms with van der Waals surface area (Å²) in [5.74, 6) is -0.222. The van der Waals surface area contributed by atoms with Crippen LogP contribution in [0.25, 0.3) is 10.9 Å². The van der Waals surface area contributed by atoms with Crippen LogP contribution in [0, 0.1) is 12.7 Å². The lowest BCUT2D eigenvalue weighted by atomic mass is 10.1. The Bertz CT molecular complexity index is 869. The van der Waals surface area contributed by atoms with Gasteiger partial charge in [0.2, 0.25) is 0 Å². The van der Waals surface area contributed by atoms with Crippen LogP contribution < -0.4 is 10.9 Å². The number of aromatic amines is 1. The first-order valence-corrected chi connectivity index (χ1v) is 7.70. The molecule has 23 heavy (non-hydrogen) atoms. The second-order valence-electron chi connectivity index (χ2n) is 5.72. The smallest absolute Gasteiger partial charge is 0.252 e. The molecule has 1 aromatic heterocycles. The molecule has 0 radical (unpaired) electrons. The molecule has 0 amide bonds. The van der Waals surface area contributed by atoms with Gasteiger partial charge in [0.1, 0.15) is 5.82 Å². The van der Waals surface area contributed by atoms with Crippen molar-refractivity contribution >= 4 is 10.9 Å². The molecule has 118 valence electrons. The number of aromatic nitrogens is 1. The van der Waals surface area contributed by atoms with Gasteiger partial charge in [0.25, 0.3) is 5.56 Å². The first kappa shape index (κ1) is 15.4. The van der Waals surface area contributed by atoms with Gasteiger partial charge in [-0.25, -0.2) is 4.39 Å². The number of para-hydroxylation sites is 1. The number of H-pyrrole nitrogens is 1. The third-order valence-electron chi connectivity index (χ3n) is 3.98. The quantitative estimate of drug-likeness (QED) is 0.710. The summed E-state index contributed by atoms with van der Waals surface area (Å²) in [5, 5.41) is 4.31. The Hall–Kier alpha value is -2.46. The van der Waals surface area contributed by atoms with Crippen LogP contribution in [0.1, 0.15) is 16.7 Å². The van der Waals surface area contributed by atoms with Crippen molar-refractivity contribution in [2.45, 2.75) is 19.9 Å². The first-order chi connectivity index (χ1) is 11.1. The standard InChI is InChI=1S/C19H19FN2O/c1-13-3-2-4-15-11-16(19(23)22-18(13)15)12-21-10-9-14-5-7-17(20)8-6-14/h2-8,11,21H,9-10,12H2,1H3,(H,22,23). The lowest BCUT2D eigenvalue weighted by Crippen LogP contribution is -2.22. The average molecular weight is 310 g/mol. The van der Waals surface area contributed by atoms with Gasteiger partial charge < -0.3 is 10.3 Å². The van der Waals surface area contributed by atoms with Crippen LogP contribution >= 0.6 is 0 Å². The molecule has 1 heterocycles. The SMILES string of the molecule is Cc1cccc2cc(CNCCc3ccc(F)cc3)c(=O)[nH]c12. The minimum absolute atomic E-state index is 0.0546. The second kappa shape index (κ2) is 6.75. The van der Waals surface area contributed by atoms with E-state index in [0.717, 1.165) is 40.6 Å². The van der Waals surface area contributed by atoms with Crippen LogP contribution in [0.2, 0.25) is 0 Å². The normalized spacial score (nSPS) is 11.0. The van der Waals surface area contributed by atoms with Crippen LogP contribution in [0.5, 0.6) is 0 Å². The molecule has 0 aliphatic rings. The second-order valence-corrected chi connectivity index (χ2v) is 5.72. The number of benzene rings is 2. The molecule has 0 bridgehead atoms. The van der Waals surface area contributed by atoms with Crippen LogP contribution in [0.15, 0.2) is 53.3 Å². The van der Waals surface area contributed by atoms with Crippen molar-refractivity contribution in [3.63, 3.8) is 0 Å². The lowest BCUT2D eigenvalue weighted by Gasteiger charge is -2.07. The number of aryl methyl sites for hydroxylation is 1. The largest absolute Gasteiger partial charge is 0.321 e. The summed E-state index contributed by atoms with van der Waals surface area (Å²) in [7, 11) is 0. The van der Waals surface area contributed by atoms with Crippen molar-refractivity contribution in [1.82, 2.24) is 10.3 Å². The molecular formula is C19H19FN2O. The van der Waals surface area contributed by atoms with Gasteiger partial charge in [0.15, 0.2) is 0 Å². The highest BCUT2D eigenvalue weighted by Crippen LogP contribution is 2.14. The Morgan fingerprint density at radius 1 is 1.13 bits per heavy atom. The van der Waals surface area contributed by atoms with E-state index >= 15 is 0 Å². The molecule has 2 N–H and O–H groups in total.